The highest BCUT2D eigenvalue weighted by atomic mass is 16.5. The third-order valence-corrected chi connectivity index (χ3v) is 5.78. The van der Waals surface area contributed by atoms with E-state index in [0.29, 0.717) is 49.7 Å². The van der Waals surface area contributed by atoms with Gasteiger partial charge in [-0.25, -0.2) is 0 Å². The maximum Gasteiger partial charge on any atom is 0.265 e. The fourth-order valence-corrected chi connectivity index (χ4v) is 3.96. The second kappa shape index (κ2) is 12.6. The first-order valence-electron chi connectivity index (χ1n) is 12.3. The summed E-state index contributed by atoms with van der Waals surface area (Å²) < 4.78 is 17.1. The number of hydrogen-bond donors (Lipinski definition) is 1. The lowest BCUT2D eigenvalue weighted by Crippen LogP contribution is -2.39. The molecule has 0 radical (unpaired) electrons. The summed E-state index contributed by atoms with van der Waals surface area (Å²) in [7, 11) is 0. The molecule has 188 valence electrons. The monoisotopic (exact) mass is 488 g/mol. The number of ether oxygens (including phenoxy) is 3. The molecule has 0 fully saturated rings. The molecule has 0 unspecified atom stereocenters. The van der Waals surface area contributed by atoms with Crippen molar-refractivity contribution in [3.05, 3.63) is 78.4 Å². The van der Waals surface area contributed by atoms with Crippen molar-refractivity contribution in [1.29, 1.82) is 0 Å². The van der Waals surface area contributed by atoms with E-state index < -0.39 is 0 Å². The summed E-state index contributed by atoms with van der Waals surface area (Å²) in [5.74, 6) is 2.09. The van der Waals surface area contributed by atoms with Gasteiger partial charge in [-0.3, -0.25) is 9.59 Å². The molecule has 4 rings (SSSR count). The van der Waals surface area contributed by atoms with Crippen LogP contribution in [0.5, 0.6) is 17.2 Å². The number of nitrogens with one attached hydrogen (secondary N) is 1. The van der Waals surface area contributed by atoms with Crippen molar-refractivity contribution in [3.63, 3.8) is 0 Å². The molecule has 0 saturated heterocycles. The van der Waals surface area contributed by atoms with E-state index in [1.54, 1.807) is 23.1 Å². The Kier molecular flexibility index (Phi) is 8.81. The highest BCUT2D eigenvalue weighted by Gasteiger charge is 2.25. The van der Waals surface area contributed by atoms with Crippen LogP contribution in [0.4, 0.5) is 11.4 Å². The van der Waals surface area contributed by atoms with Gasteiger partial charge in [-0.15, -0.1) is 0 Å². The number of para-hydroxylation sites is 1. The second-order valence-corrected chi connectivity index (χ2v) is 8.70. The topological polar surface area (TPSA) is 77.1 Å². The van der Waals surface area contributed by atoms with Gasteiger partial charge < -0.3 is 24.4 Å². The van der Waals surface area contributed by atoms with Crippen molar-refractivity contribution < 1.29 is 23.8 Å². The Balaban J connectivity index is 1.25. The van der Waals surface area contributed by atoms with Gasteiger partial charge in [-0.1, -0.05) is 30.3 Å². The molecule has 3 aromatic rings. The summed E-state index contributed by atoms with van der Waals surface area (Å²) in [6.07, 6.45) is 2.54. The van der Waals surface area contributed by atoms with Crippen LogP contribution in [-0.4, -0.2) is 38.2 Å². The summed E-state index contributed by atoms with van der Waals surface area (Å²) in [6, 6.07) is 22.9. The zero-order valence-electron chi connectivity index (χ0n) is 20.6. The molecule has 0 aromatic heterocycles. The first-order valence-corrected chi connectivity index (χ1v) is 12.3. The lowest BCUT2D eigenvalue weighted by Gasteiger charge is -2.30. The van der Waals surface area contributed by atoms with Crippen LogP contribution in [0.3, 0.4) is 0 Å². The third-order valence-electron chi connectivity index (χ3n) is 5.78. The van der Waals surface area contributed by atoms with Crippen LogP contribution >= 0.6 is 0 Å². The van der Waals surface area contributed by atoms with E-state index in [2.05, 4.69) is 5.32 Å². The quantitative estimate of drug-likeness (QED) is 0.347. The molecule has 1 aliphatic heterocycles. The predicted octanol–water partition coefficient (Wildman–Crippen LogP) is 5.38. The molecule has 0 atom stereocenters. The van der Waals surface area contributed by atoms with E-state index in [9.17, 15) is 9.59 Å². The highest BCUT2D eigenvalue weighted by Crippen LogP contribution is 2.35. The van der Waals surface area contributed by atoms with Crippen molar-refractivity contribution in [2.24, 2.45) is 0 Å². The van der Waals surface area contributed by atoms with Gasteiger partial charge in [0.1, 0.15) is 17.2 Å². The molecule has 0 saturated carbocycles. The van der Waals surface area contributed by atoms with Gasteiger partial charge in [0.15, 0.2) is 6.61 Å². The van der Waals surface area contributed by atoms with Gasteiger partial charge in [-0.2, -0.15) is 0 Å². The molecule has 1 aliphatic rings. The van der Waals surface area contributed by atoms with Crippen LogP contribution in [0.15, 0.2) is 72.8 Å². The molecule has 36 heavy (non-hydrogen) atoms. The maximum atomic E-state index is 12.6. The number of amides is 2. The smallest absolute Gasteiger partial charge is 0.265 e. The zero-order valence-corrected chi connectivity index (χ0v) is 20.6. The van der Waals surface area contributed by atoms with Crippen LogP contribution in [0.25, 0.3) is 0 Å². The number of aryl methyl sites for hydroxylation is 1. The van der Waals surface area contributed by atoms with Gasteiger partial charge >= 0.3 is 0 Å². The minimum absolute atomic E-state index is 0.0138. The van der Waals surface area contributed by atoms with Gasteiger partial charge in [-0.05, 0) is 74.2 Å². The SMILES string of the molecule is Cc1cccc(OCCCCN2C(=O)COc3ccc(NC(=O)CCCOc4ccccc4)cc32)c1. The van der Waals surface area contributed by atoms with Gasteiger partial charge in [0.2, 0.25) is 5.91 Å². The number of benzene rings is 3. The van der Waals surface area contributed by atoms with Crippen molar-refractivity contribution >= 4 is 23.2 Å². The largest absolute Gasteiger partial charge is 0.494 e. The zero-order chi connectivity index (χ0) is 25.2. The second-order valence-electron chi connectivity index (χ2n) is 8.70. The Labute approximate surface area is 212 Å². The molecule has 0 aliphatic carbocycles. The molecule has 1 N–H and O–H groups in total. The van der Waals surface area contributed by atoms with Crippen LogP contribution in [0.1, 0.15) is 31.2 Å². The molecule has 2 amide bonds. The Morgan fingerprint density at radius 3 is 2.53 bits per heavy atom. The fourth-order valence-electron chi connectivity index (χ4n) is 3.96. The molecule has 3 aromatic carbocycles. The van der Waals surface area contributed by atoms with E-state index in [1.807, 2.05) is 61.5 Å². The predicted molar refractivity (Wildman–Crippen MR) is 140 cm³/mol. The van der Waals surface area contributed by atoms with E-state index in [0.717, 1.165) is 29.9 Å². The number of hydrogen-bond acceptors (Lipinski definition) is 5. The Morgan fingerprint density at radius 1 is 0.917 bits per heavy atom. The summed E-state index contributed by atoms with van der Waals surface area (Å²) in [6.45, 7) is 3.65. The summed E-state index contributed by atoms with van der Waals surface area (Å²) in [4.78, 5) is 26.7. The van der Waals surface area contributed by atoms with E-state index >= 15 is 0 Å². The fraction of sp³-hybridized carbons (Fsp3) is 0.310. The molecular weight excluding hydrogens is 456 g/mol. The Bertz CT molecular complexity index is 1170. The van der Waals surface area contributed by atoms with Crippen molar-refractivity contribution in [1.82, 2.24) is 0 Å². The summed E-state index contributed by atoms with van der Waals surface area (Å²) in [5, 5.41) is 2.92. The Morgan fingerprint density at radius 2 is 1.69 bits per heavy atom. The molecule has 1 heterocycles. The van der Waals surface area contributed by atoms with E-state index in [-0.39, 0.29) is 18.4 Å². The highest BCUT2D eigenvalue weighted by molar-refractivity contribution is 5.99. The lowest BCUT2D eigenvalue weighted by molar-refractivity contribution is -0.121. The minimum Gasteiger partial charge on any atom is -0.494 e. The molecule has 0 bridgehead atoms. The lowest BCUT2D eigenvalue weighted by atomic mass is 10.2. The molecule has 7 nitrogen and oxygen atoms in total. The van der Waals surface area contributed by atoms with Gasteiger partial charge in [0.25, 0.3) is 5.91 Å². The number of carbonyl (C=O) groups is 2. The molecule has 7 heteroatoms. The third kappa shape index (κ3) is 7.25. The first kappa shape index (κ1) is 25.1. The van der Waals surface area contributed by atoms with Gasteiger partial charge in [0.05, 0.1) is 18.9 Å². The molecule has 0 spiro atoms. The summed E-state index contributed by atoms with van der Waals surface area (Å²) >= 11 is 0. The Hall–Kier alpha value is -4.00. The minimum atomic E-state index is -0.102. The van der Waals surface area contributed by atoms with Crippen LogP contribution in [0.2, 0.25) is 0 Å². The first-order chi connectivity index (χ1) is 17.6. The number of anilines is 2. The standard InChI is InChI=1S/C29H32N2O5/c1-22-9-7-12-25(19-22)35-17-6-5-16-31-26-20-23(14-15-27(26)36-21-29(31)33)30-28(32)13-8-18-34-24-10-3-2-4-11-24/h2-4,7,9-12,14-15,19-20H,5-6,8,13,16-18,21H2,1H3,(H,30,32). The van der Waals surface area contributed by atoms with Crippen molar-refractivity contribution in [3.8, 4) is 17.2 Å². The van der Waals surface area contributed by atoms with Crippen LogP contribution in [0, 0.1) is 6.92 Å². The number of rotatable bonds is 12. The number of nitrogens with zero attached hydrogens (tertiary/aromatic N) is 1. The number of fused-ring (bicyclic) bond motifs is 1. The maximum absolute atomic E-state index is 12.6. The van der Waals surface area contributed by atoms with E-state index in [1.165, 1.54) is 0 Å². The van der Waals surface area contributed by atoms with Crippen LogP contribution < -0.4 is 24.4 Å². The molecular formula is C29H32N2O5. The average Bonchev–Trinajstić information content (AvgIpc) is 2.88. The van der Waals surface area contributed by atoms with Crippen molar-refractivity contribution in [2.75, 3.05) is 36.6 Å². The number of unbranched alkanes of at least 4 members (excludes halogenated alkanes) is 1. The van der Waals surface area contributed by atoms with Crippen LogP contribution in [-0.2, 0) is 9.59 Å². The average molecular weight is 489 g/mol. The van der Waals surface area contributed by atoms with Gasteiger partial charge in [0, 0.05) is 18.7 Å². The van der Waals surface area contributed by atoms with E-state index in [4.69, 9.17) is 14.2 Å². The number of carbonyl (C=O) groups excluding carboxylic acids is 2. The normalized spacial score (nSPS) is 12.5. The summed E-state index contributed by atoms with van der Waals surface area (Å²) in [5.41, 5.74) is 2.47. The van der Waals surface area contributed by atoms with Crippen molar-refractivity contribution in [2.45, 2.75) is 32.6 Å².